The predicted octanol–water partition coefficient (Wildman–Crippen LogP) is 1.70. The summed E-state index contributed by atoms with van der Waals surface area (Å²) in [6, 6.07) is 7.05. The lowest BCUT2D eigenvalue weighted by Gasteiger charge is -2.22. The molecule has 82 valence electrons. The molecule has 0 radical (unpaired) electrons. The van der Waals surface area contributed by atoms with Crippen molar-refractivity contribution in [2.75, 3.05) is 19.3 Å². The van der Waals surface area contributed by atoms with E-state index in [1.165, 1.54) is 0 Å². The van der Waals surface area contributed by atoms with Crippen LogP contribution in [0.25, 0.3) is 0 Å². The lowest BCUT2D eigenvalue weighted by Crippen LogP contribution is -2.34. The first-order chi connectivity index (χ1) is 6.97. The van der Waals surface area contributed by atoms with Gasteiger partial charge in [-0.15, -0.1) is 0 Å². The molecule has 0 aliphatic rings. The van der Waals surface area contributed by atoms with Gasteiger partial charge >= 0.3 is 0 Å². The van der Waals surface area contributed by atoms with E-state index >= 15 is 0 Å². The van der Waals surface area contributed by atoms with Crippen LogP contribution in [0.15, 0.2) is 24.3 Å². The lowest BCUT2D eigenvalue weighted by molar-refractivity contribution is 0.0839. The maximum absolute atomic E-state index is 12.1. The molecular weight excluding hydrogens is 188 g/mol. The molecule has 1 aromatic rings. The Morgan fingerprint density at radius 2 is 1.87 bits per heavy atom. The molecule has 3 nitrogen and oxygen atoms in total. The molecule has 0 aromatic heterocycles. The van der Waals surface area contributed by atoms with Gasteiger partial charge < -0.3 is 11.1 Å². The standard InChI is InChI=1S/C12H18N2O/c1-12(2,8-14-3)11(15)9-4-6-10(13)7-5-9/h4-7,14H,8,13H2,1-3H3. The zero-order valence-corrected chi connectivity index (χ0v) is 9.50. The molecule has 0 unspecified atom stereocenters. The van der Waals surface area contributed by atoms with Crippen LogP contribution in [0.4, 0.5) is 5.69 Å². The van der Waals surface area contributed by atoms with Gasteiger partial charge in [-0.25, -0.2) is 0 Å². The second-order valence-electron chi connectivity index (χ2n) is 4.37. The van der Waals surface area contributed by atoms with E-state index in [1.807, 2.05) is 20.9 Å². The smallest absolute Gasteiger partial charge is 0.169 e. The first-order valence-corrected chi connectivity index (χ1v) is 5.02. The predicted molar refractivity (Wildman–Crippen MR) is 62.9 cm³/mol. The largest absolute Gasteiger partial charge is 0.399 e. The molecule has 1 rings (SSSR count). The topological polar surface area (TPSA) is 55.1 Å². The summed E-state index contributed by atoms with van der Waals surface area (Å²) in [5.41, 5.74) is 6.58. The van der Waals surface area contributed by atoms with Crippen LogP contribution in [0.2, 0.25) is 0 Å². The Balaban J connectivity index is 2.89. The Labute approximate surface area is 90.7 Å². The number of nitrogen functional groups attached to an aromatic ring is 1. The third kappa shape index (κ3) is 2.80. The van der Waals surface area contributed by atoms with Gasteiger partial charge in [0.05, 0.1) is 0 Å². The van der Waals surface area contributed by atoms with Crippen molar-refractivity contribution in [3.63, 3.8) is 0 Å². The minimum Gasteiger partial charge on any atom is -0.399 e. The van der Waals surface area contributed by atoms with Crippen LogP contribution in [-0.4, -0.2) is 19.4 Å². The van der Waals surface area contributed by atoms with E-state index < -0.39 is 0 Å². The fourth-order valence-corrected chi connectivity index (χ4v) is 1.55. The van der Waals surface area contributed by atoms with Crippen molar-refractivity contribution in [2.45, 2.75) is 13.8 Å². The number of hydrogen-bond acceptors (Lipinski definition) is 3. The van der Waals surface area contributed by atoms with Gasteiger partial charge in [-0.2, -0.15) is 0 Å². The molecule has 0 heterocycles. The monoisotopic (exact) mass is 206 g/mol. The van der Waals surface area contributed by atoms with Gasteiger partial charge in [-0.3, -0.25) is 4.79 Å². The highest BCUT2D eigenvalue weighted by Gasteiger charge is 2.27. The van der Waals surface area contributed by atoms with Crippen molar-refractivity contribution >= 4 is 11.5 Å². The SMILES string of the molecule is CNCC(C)(C)C(=O)c1ccc(N)cc1. The molecule has 0 spiro atoms. The number of nitrogens with one attached hydrogen (secondary N) is 1. The normalized spacial score (nSPS) is 11.4. The van der Waals surface area contributed by atoms with Gasteiger partial charge in [0.2, 0.25) is 0 Å². The number of carbonyl (C=O) groups is 1. The van der Waals surface area contributed by atoms with E-state index in [1.54, 1.807) is 24.3 Å². The van der Waals surface area contributed by atoms with Crippen molar-refractivity contribution in [3.8, 4) is 0 Å². The number of ketones is 1. The van der Waals surface area contributed by atoms with Crippen LogP contribution >= 0.6 is 0 Å². The molecule has 0 fully saturated rings. The molecule has 0 bridgehead atoms. The van der Waals surface area contributed by atoms with Crippen molar-refractivity contribution in [2.24, 2.45) is 5.41 Å². The van der Waals surface area contributed by atoms with E-state index in [9.17, 15) is 4.79 Å². The van der Waals surface area contributed by atoms with Crippen molar-refractivity contribution < 1.29 is 4.79 Å². The number of carbonyl (C=O) groups excluding carboxylic acids is 1. The number of benzene rings is 1. The third-order valence-corrected chi connectivity index (χ3v) is 2.41. The highest BCUT2D eigenvalue weighted by Crippen LogP contribution is 2.21. The van der Waals surface area contributed by atoms with Crippen LogP contribution in [0.1, 0.15) is 24.2 Å². The fourth-order valence-electron chi connectivity index (χ4n) is 1.55. The molecule has 0 saturated heterocycles. The Morgan fingerprint density at radius 1 is 1.33 bits per heavy atom. The minimum atomic E-state index is -0.384. The average molecular weight is 206 g/mol. The number of rotatable bonds is 4. The molecule has 0 aliphatic carbocycles. The van der Waals surface area contributed by atoms with E-state index in [-0.39, 0.29) is 11.2 Å². The maximum atomic E-state index is 12.1. The summed E-state index contributed by atoms with van der Waals surface area (Å²) in [4.78, 5) is 12.1. The van der Waals surface area contributed by atoms with Gasteiger partial charge in [0.25, 0.3) is 0 Å². The van der Waals surface area contributed by atoms with Gasteiger partial charge in [-0.1, -0.05) is 13.8 Å². The summed E-state index contributed by atoms with van der Waals surface area (Å²) in [5, 5.41) is 3.02. The van der Waals surface area contributed by atoms with Crippen LogP contribution in [0.5, 0.6) is 0 Å². The van der Waals surface area contributed by atoms with Crippen LogP contribution < -0.4 is 11.1 Å². The zero-order chi connectivity index (χ0) is 11.5. The summed E-state index contributed by atoms with van der Waals surface area (Å²) < 4.78 is 0. The Bertz CT molecular complexity index is 341. The molecule has 0 amide bonds. The van der Waals surface area contributed by atoms with Gasteiger partial charge in [-0.05, 0) is 31.3 Å². The summed E-state index contributed by atoms with van der Waals surface area (Å²) in [5.74, 6) is 0.136. The molecule has 15 heavy (non-hydrogen) atoms. The Kier molecular flexibility index (Phi) is 3.48. The zero-order valence-electron chi connectivity index (χ0n) is 9.50. The number of anilines is 1. The first-order valence-electron chi connectivity index (χ1n) is 5.02. The molecule has 1 aromatic carbocycles. The molecule has 3 heteroatoms. The highest BCUT2D eigenvalue weighted by atomic mass is 16.1. The van der Waals surface area contributed by atoms with Crippen molar-refractivity contribution in [1.82, 2.24) is 5.32 Å². The number of Topliss-reactive ketones (excluding diaryl/α,β-unsaturated/α-hetero) is 1. The molecular formula is C12H18N2O. The second kappa shape index (κ2) is 4.45. The van der Waals surface area contributed by atoms with Gasteiger partial charge in [0, 0.05) is 23.2 Å². The Hall–Kier alpha value is -1.35. The maximum Gasteiger partial charge on any atom is 0.169 e. The molecule has 0 aliphatic heterocycles. The van der Waals surface area contributed by atoms with E-state index in [0.717, 1.165) is 0 Å². The molecule has 0 saturated carbocycles. The second-order valence-corrected chi connectivity index (χ2v) is 4.37. The summed E-state index contributed by atoms with van der Waals surface area (Å²) in [6.45, 7) is 4.53. The van der Waals surface area contributed by atoms with Crippen LogP contribution in [-0.2, 0) is 0 Å². The van der Waals surface area contributed by atoms with E-state index in [2.05, 4.69) is 5.32 Å². The fraction of sp³-hybridized carbons (Fsp3) is 0.417. The van der Waals surface area contributed by atoms with Gasteiger partial charge in [0.15, 0.2) is 5.78 Å². The summed E-state index contributed by atoms with van der Waals surface area (Å²) >= 11 is 0. The summed E-state index contributed by atoms with van der Waals surface area (Å²) in [7, 11) is 1.85. The van der Waals surface area contributed by atoms with Crippen molar-refractivity contribution in [1.29, 1.82) is 0 Å². The van der Waals surface area contributed by atoms with E-state index in [4.69, 9.17) is 5.73 Å². The average Bonchev–Trinajstić information content (AvgIpc) is 2.18. The van der Waals surface area contributed by atoms with E-state index in [0.29, 0.717) is 17.8 Å². The van der Waals surface area contributed by atoms with Crippen LogP contribution in [0, 0.1) is 5.41 Å². The third-order valence-electron chi connectivity index (χ3n) is 2.41. The quantitative estimate of drug-likeness (QED) is 0.582. The molecule has 3 N–H and O–H groups in total. The molecule has 0 atom stereocenters. The highest BCUT2D eigenvalue weighted by molar-refractivity contribution is 6.00. The number of nitrogens with two attached hydrogens (primary N) is 1. The Morgan fingerprint density at radius 3 is 2.33 bits per heavy atom. The lowest BCUT2D eigenvalue weighted by atomic mass is 9.84. The number of hydrogen-bond donors (Lipinski definition) is 2. The first kappa shape index (κ1) is 11.7. The van der Waals surface area contributed by atoms with Gasteiger partial charge in [0.1, 0.15) is 0 Å². The summed E-state index contributed by atoms with van der Waals surface area (Å²) in [6.07, 6.45) is 0. The van der Waals surface area contributed by atoms with Crippen molar-refractivity contribution in [3.05, 3.63) is 29.8 Å². The minimum absolute atomic E-state index is 0.136. The van der Waals surface area contributed by atoms with Crippen LogP contribution in [0.3, 0.4) is 0 Å².